The van der Waals surface area contributed by atoms with Crippen molar-refractivity contribution < 1.29 is 5.11 Å². The molecule has 3 nitrogen and oxygen atoms in total. The molecule has 0 aliphatic carbocycles. The van der Waals surface area contributed by atoms with Crippen LogP contribution in [0.15, 0.2) is 54.6 Å². The summed E-state index contributed by atoms with van der Waals surface area (Å²) in [4.78, 5) is 2.38. The lowest BCUT2D eigenvalue weighted by molar-refractivity contribution is 0.106. The fourth-order valence-corrected chi connectivity index (χ4v) is 3.19. The van der Waals surface area contributed by atoms with Gasteiger partial charge in [-0.2, -0.15) is 0 Å². The molecule has 0 spiro atoms. The lowest BCUT2D eigenvalue weighted by atomic mass is 10.0. The third-order valence-electron chi connectivity index (χ3n) is 4.25. The Labute approximate surface area is 126 Å². The van der Waals surface area contributed by atoms with E-state index in [1.165, 1.54) is 12.0 Å². The number of nitrogens with two attached hydrogens (primary N) is 1. The minimum atomic E-state index is -0.488. The monoisotopic (exact) mass is 282 g/mol. The molecule has 0 saturated carbocycles. The molecule has 3 rings (SSSR count). The number of β-amino-alcohol motifs (C(OH)–C–C–N with tert-alkyl or cyclic N) is 1. The van der Waals surface area contributed by atoms with Gasteiger partial charge in [-0.3, -0.25) is 4.90 Å². The van der Waals surface area contributed by atoms with Crippen molar-refractivity contribution in [3.63, 3.8) is 0 Å². The van der Waals surface area contributed by atoms with E-state index >= 15 is 0 Å². The van der Waals surface area contributed by atoms with Crippen molar-refractivity contribution in [2.75, 3.05) is 18.8 Å². The molecule has 21 heavy (non-hydrogen) atoms. The molecule has 0 amide bonds. The van der Waals surface area contributed by atoms with Crippen LogP contribution in [0.25, 0.3) is 0 Å². The second-order valence-corrected chi connectivity index (χ2v) is 5.75. The van der Waals surface area contributed by atoms with E-state index in [1.54, 1.807) is 0 Å². The zero-order chi connectivity index (χ0) is 14.7. The van der Waals surface area contributed by atoms with E-state index in [0.717, 1.165) is 18.5 Å². The molecule has 2 unspecified atom stereocenters. The lowest BCUT2D eigenvalue weighted by Crippen LogP contribution is -2.28. The first-order chi connectivity index (χ1) is 10.2. The van der Waals surface area contributed by atoms with E-state index in [0.29, 0.717) is 18.3 Å². The van der Waals surface area contributed by atoms with Gasteiger partial charge in [-0.05, 0) is 42.6 Å². The number of rotatable bonds is 4. The molecule has 0 aromatic heterocycles. The van der Waals surface area contributed by atoms with Gasteiger partial charge >= 0.3 is 0 Å². The number of nitrogen functional groups attached to an aromatic ring is 1. The Balaban J connectivity index is 1.72. The molecule has 1 heterocycles. The average Bonchev–Trinajstić information content (AvgIpc) is 2.96. The van der Waals surface area contributed by atoms with Crippen molar-refractivity contribution in [1.82, 2.24) is 4.90 Å². The maximum absolute atomic E-state index is 10.5. The Morgan fingerprint density at radius 2 is 1.95 bits per heavy atom. The summed E-state index contributed by atoms with van der Waals surface area (Å²) in [5.74, 6) is 0. The van der Waals surface area contributed by atoms with Crippen molar-refractivity contribution in [3.05, 3.63) is 65.7 Å². The van der Waals surface area contributed by atoms with Crippen LogP contribution in [0.1, 0.15) is 36.1 Å². The van der Waals surface area contributed by atoms with Crippen molar-refractivity contribution in [2.24, 2.45) is 0 Å². The molecule has 2 aromatic rings. The Morgan fingerprint density at radius 3 is 2.71 bits per heavy atom. The number of likely N-dealkylation sites (tertiary alicyclic amines) is 1. The van der Waals surface area contributed by atoms with Crippen molar-refractivity contribution >= 4 is 5.69 Å². The third-order valence-corrected chi connectivity index (χ3v) is 4.25. The first kappa shape index (κ1) is 14.1. The summed E-state index contributed by atoms with van der Waals surface area (Å²) in [6.07, 6.45) is 1.86. The fourth-order valence-electron chi connectivity index (χ4n) is 3.19. The number of aliphatic hydroxyl groups excluding tert-OH is 1. The largest absolute Gasteiger partial charge is 0.399 e. The van der Waals surface area contributed by atoms with Crippen molar-refractivity contribution in [1.29, 1.82) is 0 Å². The first-order valence-corrected chi connectivity index (χ1v) is 7.56. The zero-order valence-electron chi connectivity index (χ0n) is 12.2. The van der Waals surface area contributed by atoms with Crippen LogP contribution >= 0.6 is 0 Å². The van der Waals surface area contributed by atoms with E-state index in [4.69, 9.17) is 5.73 Å². The lowest BCUT2D eigenvalue weighted by Gasteiger charge is -2.27. The highest BCUT2D eigenvalue weighted by Gasteiger charge is 2.27. The first-order valence-electron chi connectivity index (χ1n) is 7.56. The van der Waals surface area contributed by atoms with E-state index in [9.17, 15) is 5.11 Å². The average molecular weight is 282 g/mol. The Bertz CT molecular complexity index is 585. The summed E-state index contributed by atoms with van der Waals surface area (Å²) < 4.78 is 0. The Morgan fingerprint density at radius 1 is 1.14 bits per heavy atom. The molecule has 3 heteroatoms. The van der Waals surface area contributed by atoms with Crippen molar-refractivity contribution in [2.45, 2.75) is 25.0 Å². The summed E-state index contributed by atoms with van der Waals surface area (Å²) >= 11 is 0. The highest BCUT2D eigenvalue weighted by atomic mass is 16.3. The van der Waals surface area contributed by atoms with Crippen LogP contribution in [-0.4, -0.2) is 23.1 Å². The van der Waals surface area contributed by atoms with Gasteiger partial charge in [0.25, 0.3) is 0 Å². The highest BCUT2D eigenvalue weighted by Crippen LogP contribution is 2.33. The molecule has 110 valence electrons. The van der Waals surface area contributed by atoms with Crippen LogP contribution in [0.2, 0.25) is 0 Å². The molecule has 1 aliphatic rings. The van der Waals surface area contributed by atoms with Gasteiger partial charge in [-0.25, -0.2) is 0 Å². The maximum atomic E-state index is 10.5. The number of benzene rings is 2. The normalized spacial score (nSPS) is 20.5. The predicted molar refractivity (Wildman–Crippen MR) is 85.8 cm³/mol. The predicted octanol–water partition coefficient (Wildman–Crippen LogP) is 3.14. The number of nitrogens with zero attached hydrogens (tertiary/aromatic N) is 1. The number of aliphatic hydroxyl groups is 1. The molecule has 1 aliphatic heterocycles. The SMILES string of the molecule is Nc1cccc(C(O)CN2CCCC2c2ccccc2)c1. The molecular formula is C18H22N2O. The standard InChI is InChI=1S/C18H22N2O/c19-16-9-4-8-15(12-16)18(21)13-20-11-5-10-17(20)14-6-2-1-3-7-14/h1-4,6-9,12,17-18,21H,5,10-11,13,19H2. The highest BCUT2D eigenvalue weighted by molar-refractivity contribution is 5.41. The Kier molecular flexibility index (Phi) is 4.23. The van der Waals surface area contributed by atoms with Crippen LogP contribution in [0.4, 0.5) is 5.69 Å². The van der Waals surface area contributed by atoms with Crippen LogP contribution in [0.3, 0.4) is 0 Å². The summed E-state index contributed by atoms with van der Waals surface area (Å²) in [6.45, 7) is 1.70. The summed E-state index contributed by atoms with van der Waals surface area (Å²) in [7, 11) is 0. The van der Waals surface area contributed by atoms with Gasteiger partial charge < -0.3 is 10.8 Å². The van der Waals surface area contributed by atoms with E-state index < -0.39 is 6.10 Å². The summed E-state index contributed by atoms with van der Waals surface area (Å²) in [5.41, 5.74) is 8.74. The summed E-state index contributed by atoms with van der Waals surface area (Å²) in [6, 6.07) is 18.5. The van der Waals surface area contributed by atoms with Crippen LogP contribution in [-0.2, 0) is 0 Å². The molecular weight excluding hydrogens is 260 g/mol. The molecule has 1 saturated heterocycles. The number of hydrogen-bond acceptors (Lipinski definition) is 3. The molecule has 3 N–H and O–H groups in total. The fraction of sp³-hybridized carbons (Fsp3) is 0.333. The van der Waals surface area contributed by atoms with Crippen LogP contribution in [0.5, 0.6) is 0 Å². The number of hydrogen-bond donors (Lipinski definition) is 2. The topological polar surface area (TPSA) is 49.5 Å². The number of anilines is 1. The minimum absolute atomic E-state index is 0.418. The van der Waals surface area contributed by atoms with Crippen LogP contribution in [0, 0.1) is 0 Å². The van der Waals surface area contributed by atoms with Gasteiger partial charge in [0.05, 0.1) is 6.10 Å². The second kappa shape index (κ2) is 6.29. The van der Waals surface area contributed by atoms with Gasteiger partial charge in [0.1, 0.15) is 0 Å². The van der Waals surface area contributed by atoms with Gasteiger partial charge in [0.15, 0.2) is 0 Å². The van der Waals surface area contributed by atoms with Gasteiger partial charge in [0.2, 0.25) is 0 Å². The minimum Gasteiger partial charge on any atom is -0.399 e. The quantitative estimate of drug-likeness (QED) is 0.847. The zero-order valence-corrected chi connectivity index (χ0v) is 12.2. The maximum Gasteiger partial charge on any atom is 0.0917 e. The molecule has 1 fully saturated rings. The third kappa shape index (κ3) is 3.26. The second-order valence-electron chi connectivity index (χ2n) is 5.75. The molecule has 0 radical (unpaired) electrons. The smallest absolute Gasteiger partial charge is 0.0917 e. The van der Waals surface area contributed by atoms with Crippen molar-refractivity contribution in [3.8, 4) is 0 Å². The van der Waals surface area contributed by atoms with Gasteiger partial charge in [0, 0.05) is 18.3 Å². The van der Waals surface area contributed by atoms with Gasteiger partial charge in [-0.15, -0.1) is 0 Å². The molecule has 2 aromatic carbocycles. The van der Waals surface area contributed by atoms with E-state index in [1.807, 2.05) is 30.3 Å². The molecule has 2 atom stereocenters. The Hall–Kier alpha value is -1.84. The van der Waals surface area contributed by atoms with E-state index in [-0.39, 0.29) is 0 Å². The van der Waals surface area contributed by atoms with Crippen LogP contribution < -0.4 is 5.73 Å². The summed E-state index contributed by atoms with van der Waals surface area (Å²) in [5, 5.41) is 10.5. The van der Waals surface area contributed by atoms with Gasteiger partial charge in [-0.1, -0.05) is 42.5 Å². The van der Waals surface area contributed by atoms with E-state index in [2.05, 4.69) is 29.2 Å². The molecule has 0 bridgehead atoms.